The lowest BCUT2D eigenvalue weighted by Crippen LogP contribution is -2.56. The number of amides is 3. The molecule has 0 saturated carbocycles. The molecule has 13 nitrogen and oxygen atoms in total. The van der Waals surface area contributed by atoms with E-state index < -0.39 is 42.7 Å². The van der Waals surface area contributed by atoms with E-state index in [1.807, 2.05) is 10.2 Å². The highest BCUT2D eigenvalue weighted by Crippen LogP contribution is 2.37. The van der Waals surface area contributed by atoms with Crippen molar-refractivity contribution in [1.82, 2.24) is 25.3 Å². The van der Waals surface area contributed by atoms with E-state index in [9.17, 15) is 27.9 Å². The molecule has 2 aliphatic rings. The highest BCUT2D eigenvalue weighted by molar-refractivity contribution is 6.04. The molecule has 16 heteroatoms. The number of hydrogen-bond acceptors (Lipinski definition) is 10. The second kappa shape index (κ2) is 10.7. The van der Waals surface area contributed by atoms with Crippen molar-refractivity contribution in [2.45, 2.75) is 44.1 Å². The van der Waals surface area contributed by atoms with E-state index in [1.54, 1.807) is 0 Å². The second-order valence-corrected chi connectivity index (χ2v) is 8.55. The van der Waals surface area contributed by atoms with Crippen LogP contribution in [-0.2, 0) is 0 Å². The zero-order valence-corrected chi connectivity index (χ0v) is 19.6. The Hall–Kier alpha value is -3.79. The lowest BCUT2D eigenvalue weighted by atomic mass is 10.0. The Bertz CT molecular complexity index is 1150. The molecule has 2 bridgehead atoms. The molecule has 37 heavy (non-hydrogen) atoms. The highest BCUT2D eigenvalue weighted by atomic mass is 19.4. The summed E-state index contributed by atoms with van der Waals surface area (Å²) < 4.78 is 44.0. The predicted octanol–water partition coefficient (Wildman–Crippen LogP) is 0.700. The molecule has 0 aromatic carbocycles. The monoisotopic (exact) mass is 526 g/mol. The molecule has 0 radical (unpaired) electrons. The quantitative estimate of drug-likeness (QED) is 0.403. The average Bonchev–Trinajstić information content (AvgIpc) is 2.86. The number of nitrogens with one attached hydrogen (secondary N) is 2. The summed E-state index contributed by atoms with van der Waals surface area (Å²) in [5.74, 6) is -1.64. The van der Waals surface area contributed by atoms with Crippen molar-refractivity contribution >= 4 is 29.4 Å². The SMILES string of the molecule is C[C@@H](NC(=O)c1ncc2c(n1)N(C(=O)Nc1nccc(OC[C@@H](O)CO)n1)C1CCCN2C1)C(F)(F)F. The van der Waals surface area contributed by atoms with Crippen LogP contribution in [0.2, 0.25) is 0 Å². The number of alkyl halides is 3. The number of carbonyl (C=O) groups is 2. The number of halogens is 3. The van der Waals surface area contributed by atoms with Gasteiger partial charge in [-0.3, -0.25) is 15.0 Å². The first-order valence-electron chi connectivity index (χ1n) is 11.4. The number of anilines is 3. The normalized spacial score (nSPS) is 18.5. The van der Waals surface area contributed by atoms with Gasteiger partial charge in [-0.15, -0.1) is 0 Å². The van der Waals surface area contributed by atoms with Gasteiger partial charge in [-0.2, -0.15) is 18.2 Å². The maximum absolute atomic E-state index is 13.3. The van der Waals surface area contributed by atoms with Crippen molar-refractivity contribution in [3.63, 3.8) is 0 Å². The first-order chi connectivity index (χ1) is 17.6. The van der Waals surface area contributed by atoms with Crippen LogP contribution in [0.1, 0.15) is 30.4 Å². The van der Waals surface area contributed by atoms with Crippen LogP contribution >= 0.6 is 0 Å². The third-order valence-electron chi connectivity index (χ3n) is 5.82. The molecule has 3 atom stereocenters. The zero-order valence-electron chi connectivity index (χ0n) is 19.6. The molecule has 0 aliphatic carbocycles. The minimum absolute atomic E-state index is 0.0424. The predicted molar refractivity (Wildman–Crippen MR) is 122 cm³/mol. The number of ether oxygens (including phenoxy) is 1. The maximum Gasteiger partial charge on any atom is 0.408 e. The molecule has 200 valence electrons. The molecule has 3 amide bonds. The molecule has 2 aromatic heterocycles. The van der Waals surface area contributed by atoms with Crippen molar-refractivity contribution in [2.75, 3.05) is 41.4 Å². The van der Waals surface area contributed by atoms with E-state index in [0.717, 1.165) is 13.3 Å². The lowest BCUT2D eigenvalue weighted by molar-refractivity contribution is -0.149. The summed E-state index contributed by atoms with van der Waals surface area (Å²) in [5.41, 5.74) is 0.461. The van der Waals surface area contributed by atoms with Gasteiger partial charge >= 0.3 is 12.2 Å². The van der Waals surface area contributed by atoms with Gasteiger partial charge in [0.2, 0.25) is 17.7 Å². The molecule has 1 fully saturated rings. The Morgan fingerprint density at radius 3 is 2.81 bits per heavy atom. The number of piperidine rings is 1. The summed E-state index contributed by atoms with van der Waals surface area (Å²) in [4.78, 5) is 45.2. The van der Waals surface area contributed by atoms with Crippen LogP contribution in [0, 0.1) is 0 Å². The third kappa shape index (κ3) is 5.96. The molecular formula is C21H25F3N8O5. The van der Waals surface area contributed by atoms with E-state index in [1.165, 1.54) is 23.4 Å². The van der Waals surface area contributed by atoms with Gasteiger partial charge in [-0.1, -0.05) is 0 Å². The zero-order chi connectivity index (χ0) is 26.7. The molecule has 2 aromatic rings. The number of carbonyl (C=O) groups excluding carboxylic acids is 2. The fourth-order valence-electron chi connectivity index (χ4n) is 3.91. The molecule has 4 heterocycles. The first-order valence-corrected chi connectivity index (χ1v) is 11.4. The van der Waals surface area contributed by atoms with Crippen molar-refractivity contribution in [3.05, 3.63) is 24.3 Å². The van der Waals surface area contributed by atoms with Crippen LogP contribution in [0.15, 0.2) is 18.5 Å². The minimum Gasteiger partial charge on any atom is -0.475 e. The van der Waals surface area contributed by atoms with E-state index in [0.29, 0.717) is 25.2 Å². The number of fused-ring (bicyclic) bond motifs is 4. The Morgan fingerprint density at radius 1 is 1.30 bits per heavy atom. The molecule has 4 rings (SSSR count). The molecule has 1 unspecified atom stereocenters. The largest absolute Gasteiger partial charge is 0.475 e. The molecule has 1 saturated heterocycles. The van der Waals surface area contributed by atoms with Crippen molar-refractivity contribution < 1.29 is 37.7 Å². The van der Waals surface area contributed by atoms with Crippen LogP contribution in [0.5, 0.6) is 5.88 Å². The number of aromatic nitrogens is 4. The van der Waals surface area contributed by atoms with Gasteiger partial charge < -0.3 is 25.2 Å². The van der Waals surface area contributed by atoms with Crippen LogP contribution in [-0.4, -0.2) is 92.8 Å². The fraction of sp³-hybridized carbons (Fsp3) is 0.524. The summed E-state index contributed by atoms with van der Waals surface area (Å²) >= 11 is 0. The van der Waals surface area contributed by atoms with Gasteiger partial charge in [0.05, 0.1) is 24.5 Å². The summed E-state index contributed by atoms with van der Waals surface area (Å²) in [6, 6.07) is -1.73. The molecule has 0 spiro atoms. The van der Waals surface area contributed by atoms with Gasteiger partial charge in [0.1, 0.15) is 18.8 Å². The summed E-state index contributed by atoms with van der Waals surface area (Å²) in [6.07, 6.45) is -1.73. The number of rotatable bonds is 7. The smallest absolute Gasteiger partial charge is 0.408 e. The van der Waals surface area contributed by atoms with E-state index in [2.05, 4.69) is 25.3 Å². The Kier molecular flexibility index (Phi) is 7.58. The Balaban J connectivity index is 1.57. The van der Waals surface area contributed by atoms with Gasteiger partial charge in [0.15, 0.2) is 5.82 Å². The van der Waals surface area contributed by atoms with Gasteiger partial charge in [-0.05, 0) is 19.8 Å². The van der Waals surface area contributed by atoms with Gasteiger partial charge in [0, 0.05) is 25.4 Å². The maximum atomic E-state index is 13.3. The lowest BCUT2D eigenvalue weighted by Gasteiger charge is -2.45. The number of aliphatic hydroxyl groups is 2. The van der Waals surface area contributed by atoms with Gasteiger partial charge in [0.25, 0.3) is 5.91 Å². The summed E-state index contributed by atoms with van der Waals surface area (Å²) in [5, 5.41) is 22.7. The van der Waals surface area contributed by atoms with Crippen molar-refractivity contribution in [1.29, 1.82) is 0 Å². The van der Waals surface area contributed by atoms with E-state index >= 15 is 0 Å². The third-order valence-corrected chi connectivity index (χ3v) is 5.82. The van der Waals surface area contributed by atoms with Crippen LogP contribution in [0.3, 0.4) is 0 Å². The summed E-state index contributed by atoms with van der Waals surface area (Å²) in [7, 11) is 0. The Labute approximate surface area is 208 Å². The van der Waals surface area contributed by atoms with E-state index in [-0.39, 0.29) is 30.3 Å². The van der Waals surface area contributed by atoms with E-state index in [4.69, 9.17) is 9.84 Å². The fourth-order valence-corrected chi connectivity index (χ4v) is 3.91. The van der Waals surface area contributed by atoms with Crippen molar-refractivity contribution in [3.8, 4) is 5.88 Å². The first kappa shape index (κ1) is 26.3. The number of hydrogen-bond donors (Lipinski definition) is 4. The molecule has 2 aliphatic heterocycles. The number of nitrogens with zero attached hydrogens (tertiary/aromatic N) is 6. The second-order valence-electron chi connectivity index (χ2n) is 8.55. The number of aliphatic hydroxyl groups excluding tert-OH is 2. The minimum atomic E-state index is -4.65. The average molecular weight is 526 g/mol. The molecule has 4 N–H and O–H groups in total. The standard InChI is InChI=1S/C21H25F3N8O5/c1-11(21(22,23)24)27-18(35)16-26-7-14-17(29-16)32(12-3-2-6-31(14)8-12)20(36)30-19-25-5-4-15(28-19)37-10-13(34)9-33/h4-5,7,11-13,33-34H,2-3,6,8-10H2,1H3,(H,27,35)(H,25,28,30,36)/t11-,12?,13+/m1/s1. The van der Waals surface area contributed by atoms with Crippen LogP contribution < -0.4 is 25.2 Å². The molecular weight excluding hydrogens is 501 g/mol. The Morgan fingerprint density at radius 2 is 2.08 bits per heavy atom. The number of urea groups is 1. The van der Waals surface area contributed by atoms with Gasteiger partial charge in [-0.25, -0.2) is 19.7 Å². The summed E-state index contributed by atoms with van der Waals surface area (Å²) in [6.45, 7) is 1.21. The topological polar surface area (TPSA) is 166 Å². The van der Waals surface area contributed by atoms with Crippen LogP contribution in [0.4, 0.5) is 35.4 Å². The van der Waals surface area contributed by atoms with Crippen LogP contribution in [0.25, 0.3) is 0 Å². The van der Waals surface area contributed by atoms with Crippen molar-refractivity contribution in [2.24, 2.45) is 0 Å². The highest BCUT2D eigenvalue weighted by Gasteiger charge is 2.40.